The van der Waals surface area contributed by atoms with Gasteiger partial charge in [-0.05, 0) is 32.0 Å². The molecule has 23 heavy (non-hydrogen) atoms. The lowest BCUT2D eigenvalue weighted by Gasteiger charge is -2.25. The van der Waals surface area contributed by atoms with Gasteiger partial charge in [-0.2, -0.15) is 5.10 Å². The molecule has 0 aliphatic heterocycles. The number of aryl methyl sites for hydroxylation is 1. The fraction of sp³-hybridized carbons (Fsp3) is 0.375. The number of benzene rings is 1. The van der Waals surface area contributed by atoms with Crippen molar-refractivity contribution in [3.63, 3.8) is 0 Å². The van der Waals surface area contributed by atoms with E-state index in [2.05, 4.69) is 10.4 Å². The summed E-state index contributed by atoms with van der Waals surface area (Å²) >= 11 is 0. The summed E-state index contributed by atoms with van der Waals surface area (Å²) < 4.78 is 13.1. The van der Waals surface area contributed by atoms with Crippen LogP contribution in [0, 0.1) is 6.92 Å². The maximum Gasteiger partial charge on any atom is 0.321 e. The van der Waals surface area contributed by atoms with Gasteiger partial charge in [-0.1, -0.05) is 12.1 Å². The first-order valence-corrected chi connectivity index (χ1v) is 9.06. The highest BCUT2D eigenvalue weighted by Crippen LogP contribution is 2.21. The number of hydrogen-bond donors (Lipinski definition) is 1. The van der Waals surface area contributed by atoms with Gasteiger partial charge >= 0.3 is 6.03 Å². The van der Waals surface area contributed by atoms with Crippen LogP contribution in [0.15, 0.2) is 36.5 Å². The smallest absolute Gasteiger partial charge is 0.321 e. The van der Waals surface area contributed by atoms with Crippen LogP contribution < -0.4 is 5.32 Å². The lowest BCUT2D eigenvalue weighted by Crippen LogP contribution is -2.41. The third kappa shape index (κ3) is 4.19. The lowest BCUT2D eigenvalue weighted by molar-refractivity contribution is 0.212. The second kappa shape index (κ2) is 7.41. The highest BCUT2D eigenvalue weighted by molar-refractivity contribution is 7.84. The van der Waals surface area contributed by atoms with Crippen molar-refractivity contribution in [2.24, 2.45) is 0 Å². The van der Waals surface area contributed by atoms with E-state index in [9.17, 15) is 9.00 Å². The van der Waals surface area contributed by atoms with Gasteiger partial charge < -0.3 is 10.2 Å². The van der Waals surface area contributed by atoms with Crippen LogP contribution >= 0.6 is 0 Å². The van der Waals surface area contributed by atoms with Gasteiger partial charge in [0.05, 0.1) is 11.4 Å². The van der Waals surface area contributed by atoms with Crippen LogP contribution in [-0.2, 0) is 10.8 Å². The van der Waals surface area contributed by atoms with E-state index < -0.39 is 10.8 Å². The van der Waals surface area contributed by atoms with Crippen LogP contribution in [-0.4, -0.2) is 50.0 Å². The molecule has 1 N–H and O–H groups in total. The van der Waals surface area contributed by atoms with Crippen molar-refractivity contribution >= 4 is 22.5 Å². The number of hydrogen-bond acceptors (Lipinski definition) is 3. The van der Waals surface area contributed by atoms with Gasteiger partial charge in [0.15, 0.2) is 0 Å². The highest BCUT2D eigenvalue weighted by Gasteiger charge is 2.18. The summed E-state index contributed by atoms with van der Waals surface area (Å²) in [6.07, 6.45) is 3.36. The molecule has 0 radical (unpaired) electrons. The normalized spacial score (nSPS) is 13.4. The number of nitrogens with zero attached hydrogens (tertiary/aromatic N) is 3. The Bertz CT molecular complexity index is 714. The Morgan fingerprint density at radius 1 is 1.39 bits per heavy atom. The Kier molecular flexibility index (Phi) is 5.54. The Hall–Kier alpha value is -2.15. The van der Waals surface area contributed by atoms with Gasteiger partial charge in [-0.3, -0.25) is 4.21 Å². The minimum atomic E-state index is -0.947. The van der Waals surface area contributed by atoms with Gasteiger partial charge in [0.1, 0.15) is 0 Å². The van der Waals surface area contributed by atoms with E-state index in [1.165, 1.54) is 0 Å². The molecular formula is C16H22N4O2S. The minimum Gasteiger partial charge on any atom is -0.324 e. The molecule has 2 rings (SSSR count). The van der Waals surface area contributed by atoms with Crippen molar-refractivity contribution in [2.45, 2.75) is 19.9 Å². The molecule has 1 aromatic heterocycles. The number of carbonyl (C=O) groups is 1. The number of para-hydroxylation sites is 2. The molecule has 1 aromatic carbocycles. The lowest BCUT2D eigenvalue weighted by atomic mass is 10.2. The Morgan fingerprint density at radius 2 is 2.09 bits per heavy atom. The Balaban J connectivity index is 2.19. The van der Waals surface area contributed by atoms with E-state index in [4.69, 9.17) is 0 Å². The van der Waals surface area contributed by atoms with Crippen molar-refractivity contribution in [3.8, 4) is 5.69 Å². The Labute approximate surface area is 138 Å². The van der Waals surface area contributed by atoms with E-state index in [1.807, 2.05) is 44.2 Å². The molecule has 6 nitrogen and oxygen atoms in total. The number of rotatable bonds is 5. The average Bonchev–Trinajstić information content (AvgIpc) is 2.92. The number of anilines is 1. The Morgan fingerprint density at radius 3 is 2.70 bits per heavy atom. The molecule has 2 unspecified atom stereocenters. The maximum atomic E-state index is 12.4. The van der Waals surface area contributed by atoms with E-state index in [-0.39, 0.29) is 12.1 Å². The van der Waals surface area contributed by atoms with Crippen molar-refractivity contribution in [1.82, 2.24) is 14.7 Å². The fourth-order valence-corrected chi connectivity index (χ4v) is 3.14. The maximum absolute atomic E-state index is 12.4. The van der Waals surface area contributed by atoms with Crippen LogP contribution in [0.3, 0.4) is 0 Å². The number of amides is 2. The molecule has 0 saturated carbocycles. The molecule has 0 spiro atoms. The number of nitrogens with one attached hydrogen (secondary N) is 1. The van der Waals surface area contributed by atoms with Crippen LogP contribution in [0.25, 0.3) is 5.69 Å². The van der Waals surface area contributed by atoms with Crippen molar-refractivity contribution in [2.75, 3.05) is 24.4 Å². The quantitative estimate of drug-likeness (QED) is 0.913. The van der Waals surface area contributed by atoms with E-state index >= 15 is 0 Å². The van der Waals surface area contributed by atoms with Crippen LogP contribution in [0.2, 0.25) is 0 Å². The van der Waals surface area contributed by atoms with E-state index in [1.54, 1.807) is 29.1 Å². The van der Waals surface area contributed by atoms with Gasteiger partial charge in [-0.25, -0.2) is 9.48 Å². The molecule has 0 saturated heterocycles. The van der Waals surface area contributed by atoms with Gasteiger partial charge in [0.25, 0.3) is 0 Å². The second-order valence-electron chi connectivity index (χ2n) is 5.53. The molecule has 2 amide bonds. The predicted octanol–water partition coefficient (Wildman–Crippen LogP) is 2.41. The van der Waals surface area contributed by atoms with Crippen LogP contribution in [0.1, 0.15) is 12.6 Å². The van der Waals surface area contributed by atoms with Crippen LogP contribution in [0.4, 0.5) is 10.5 Å². The summed E-state index contributed by atoms with van der Waals surface area (Å²) in [5, 5.41) is 7.19. The molecule has 2 aromatic rings. The summed E-state index contributed by atoms with van der Waals surface area (Å²) in [6.45, 7) is 3.83. The SMILES string of the molecule is Cc1ccnn1-c1ccccc1NC(=O)N(C)C(C)CS(C)=O. The predicted molar refractivity (Wildman–Crippen MR) is 93.5 cm³/mol. The molecular weight excluding hydrogens is 312 g/mol. The zero-order chi connectivity index (χ0) is 17.0. The van der Waals surface area contributed by atoms with Crippen molar-refractivity contribution in [1.29, 1.82) is 0 Å². The monoisotopic (exact) mass is 334 g/mol. The molecule has 124 valence electrons. The summed E-state index contributed by atoms with van der Waals surface area (Å²) in [4.78, 5) is 14.0. The standard InChI is InChI=1S/C16H22N4O2S/c1-12-9-10-17-20(12)15-8-6-5-7-14(15)18-16(21)19(3)13(2)11-23(4)22/h5-10,13H,11H2,1-4H3,(H,18,21). The summed E-state index contributed by atoms with van der Waals surface area (Å²) in [7, 11) is 0.756. The third-order valence-electron chi connectivity index (χ3n) is 3.66. The van der Waals surface area contributed by atoms with Gasteiger partial charge in [0.2, 0.25) is 0 Å². The zero-order valence-corrected chi connectivity index (χ0v) is 14.6. The summed E-state index contributed by atoms with van der Waals surface area (Å²) in [6, 6.07) is 9.06. The molecule has 0 fully saturated rings. The van der Waals surface area contributed by atoms with Gasteiger partial charge in [-0.15, -0.1) is 0 Å². The fourth-order valence-electron chi connectivity index (χ4n) is 2.24. The molecule has 0 aliphatic carbocycles. The minimum absolute atomic E-state index is 0.112. The molecule has 7 heteroatoms. The first-order chi connectivity index (χ1) is 10.9. The van der Waals surface area contributed by atoms with E-state index in [0.29, 0.717) is 11.4 Å². The average molecular weight is 334 g/mol. The number of aromatic nitrogens is 2. The zero-order valence-electron chi connectivity index (χ0n) is 13.8. The van der Waals surface area contributed by atoms with E-state index in [0.717, 1.165) is 11.4 Å². The van der Waals surface area contributed by atoms with Crippen molar-refractivity contribution in [3.05, 3.63) is 42.2 Å². The number of carbonyl (C=O) groups excluding carboxylic acids is 1. The largest absolute Gasteiger partial charge is 0.324 e. The topological polar surface area (TPSA) is 67.2 Å². The van der Waals surface area contributed by atoms with Gasteiger partial charge in [0, 0.05) is 47.8 Å². The summed E-state index contributed by atoms with van der Waals surface area (Å²) in [5.41, 5.74) is 2.47. The molecule has 1 heterocycles. The molecule has 0 bridgehead atoms. The number of urea groups is 1. The molecule has 0 aliphatic rings. The van der Waals surface area contributed by atoms with Crippen molar-refractivity contribution < 1.29 is 9.00 Å². The molecule has 2 atom stereocenters. The van der Waals surface area contributed by atoms with Crippen LogP contribution in [0.5, 0.6) is 0 Å². The highest BCUT2D eigenvalue weighted by atomic mass is 32.2. The first kappa shape index (κ1) is 17.2. The summed E-state index contributed by atoms with van der Waals surface area (Å²) in [5.74, 6) is 0.448. The first-order valence-electron chi connectivity index (χ1n) is 7.34. The second-order valence-corrected chi connectivity index (χ2v) is 7.01. The third-order valence-corrected chi connectivity index (χ3v) is 4.62.